The van der Waals surface area contributed by atoms with Crippen LogP contribution >= 0.6 is 11.5 Å². The fourth-order valence-corrected chi connectivity index (χ4v) is 2.73. The second kappa shape index (κ2) is 4.38. The molecule has 0 unspecified atom stereocenters. The van der Waals surface area contributed by atoms with Crippen molar-refractivity contribution >= 4 is 11.5 Å². The van der Waals surface area contributed by atoms with Gasteiger partial charge in [-0.3, -0.25) is 4.90 Å². The molecule has 4 heteroatoms. The minimum Gasteiger partial charge on any atom is -0.309 e. The Balaban J connectivity index is 1.91. The summed E-state index contributed by atoms with van der Waals surface area (Å²) in [5.41, 5.74) is 0. The van der Waals surface area contributed by atoms with Crippen LogP contribution in [0, 0.1) is 0 Å². The lowest BCUT2D eigenvalue weighted by molar-refractivity contribution is 0.168. The van der Waals surface area contributed by atoms with Crippen molar-refractivity contribution in [1.29, 1.82) is 0 Å². The van der Waals surface area contributed by atoms with Crippen LogP contribution in [0.2, 0.25) is 0 Å². The molecule has 1 aliphatic heterocycles. The van der Waals surface area contributed by atoms with Crippen molar-refractivity contribution in [2.45, 2.75) is 32.5 Å². The molecule has 1 fully saturated rings. The van der Waals surface area contributed by atoms with Gasteiger partial charge in [-0.1, -0.05) is 0 Å². The van der Waals surface area contributed by atoms with Crippen molar-refractivity contribution < 1.29 is 0 Å². The van der Waals surface area contributed by atoms with Crippen molar-refractivity contribution in [2.24, 2.45) is 0 Å². The predicted molar refractivity (Wildman–Crippen MR) is 59.5 cm³/mol. The lowest BCUT2D eigenvalue weighted by Gasteiger charge is -2.35. The van der Waals surface area contributed by atoms with E-state index in [1.165, 1.54) is 4.88 Å². The summed E-state index contributed by atoms with van der Waals surface area (Å²) in [6.45, 7) is 7.83. The third kappa shape index (κ3) is 2.53. The monoisotopic (exact) mass is 211 g/mol. The van der Waals surface area contributed by atoms with Crippen LogP contribution < -0.4 is 5.32 Å². The van der Waals surface area contributed by atoms with E-state index < -0.39 is 0 Å². The van der Waals surface area contributed by atoms with E-state index in [0.29, 0.717) is 12.1 Å². The Morgan fingerprint density at radius 3 is 2.79 bits per heavy atom. The first-order chi connectivity index (χ1) is 6.74. The van der Waals surface area contributed by atoms with Crippen molar-refractivity contribution in [3.05, 3.63) is 17.1 Å². The molecule has 0 amide bonds. The molecule has 1 aromatic heterocycles. The summed E-state index contributed by atoms with van der Waals surface area (Å²) >= 11 is 1.61. The number of nitrogens with one attached hydrogen (secondary N) is 1. The van der Waals surface area contributed by atoms with Crippen LogP contribution in [0.25, 0.3) is 0 Å². The van der Waals surface area contributed by atoms with E-state index in [-0.39, 0.29) is 0 Å². The molecule has 0 bridgehead atoms. The van der Waals surface area contributed by atoms with Crippen molar-refractivity contribution in [3.63, 3.8) is 0 Å². The molecule has 0 radical (unpaired) electrons. The number of aromatic nitrogens is 1. The molecule has 1 aliphatic rings. The zero-order valence-electron chi connectivity index (χ0n) is 8.73. The van der Waals surface area contributed by atoms with Crippen molar-refractivity contribution in [2.75, 3.05) is 13.1 Å². The third-order valence-electron chi connectivity index (χ3n) is 2.50. The zero-order chi connectivity index (χ0) is 9.97. The van der Waals surface area contributed by atoms with E-state index in [2.05, 4.69) is 34.5 Å². The van der Waals surface area contributed by atoms with Gasteiger partial charge in [-0.15, -0.1) is 0 Å². The zero-order valence-corrected chi connectivity index (χ0v) is 9.55. The fourth-order valence-electron chi connectivity index (χ4n) is 2.11. The first-order valence-electron chi connectivity index (χ1n) is 5.12. The molecule has 1 N–H and O–H groups in total. The van der Waals surface area contributed by atoms with Gasteiger partial charge in [0, 0.05) is 42.8 Å². The quantitative estimate of drug-likeness (QED) is 0.800. The topological polar surface area (TPSA) is 28.2 Å². The fraction of sp³-hybridized carbons (Fsp3) is 0.700. The van der Waals surface area contributed by atoms with Crippen LogP contribution in [0.4, 0.5) is 0 Å². The van der Waals surface area contributed by atoms with Gasteiger partial charge in [-0.2, -0.15) is 0 Å². The van der Waals surface area contributed by atoms with E-state index in [0.717, 1.165) is 19.6 Å². The highest BCUT2D eigenvalue weighted by Crippen LogP contribution is 2.12. The maximum absolute atomic E-state index is 4.13. The van der Waals surface area contributed by atoms with Gasteiger partial charge in [0.25, 0.3) is 0 Å². The maximum Gasteiger partial charge on any atom is 0.0410 e. The van der Waals surface area contributed by atoms with Gasteiger partial charge in [0.1, 0.15) is 0 Å². The normalized spacial score (nSPS) is 29.3. The van der Waals surface area contributed by atoms with Gasteiger partial charge in [0.15, 0.2) is 0 Å². The Hall–Kier alpha value is -0.450. The average Bonchev–Trinajstić information content (AvgIpc) is 2.54. The minimum absolute atomic E-state index is 0.603. The highest BCUT2D eigenvalue weighted by molar-refractivity contribution is 7.05. The standard InChI is InChI=1S/C10H17N3S/c1-8-5-13(6-9(2)12-8)7-10-3-4-11-14-10/h3-4,8-9,12H,5-7H2,1-2H3/t8-,9+. The molecule has 2 heterocycles. The Morgan fingerprint density at radius 1 is 1.50 bits per heavy atom. The van der Waals surface area contributed by atoms with Crippen LogP contribution in [0.3, 0.4) is 0 Å². The second-order valence-electron chi connectivity index (χ2n) is 4.14. The molecule has 0 aliphatic carbocycles. The Bertz CT molecular complexity index is 263. The Morgan fingerprint density at radius 2 is 2.21 bits per heavy atom. The van der Waals surface area contributed by atoms with Crippen LogP contribution in [-0.2, 0) is 6.54 Å². The molecule has 0 aromatic carbocycles. The number of rotatable bonds is 2. The number of nitrogens with zero attached hydrogens (tertiary/aromatic N) is 2. The molecule has 1 saturated heterocycles. The molecular weight excluding hydrogens is 194 g/mol. The van der Waals surface area contributed by atoms with E-state index in [4.69, 9.17) is 0 Å². The van der Waals surface area contributed by atoms with E-state index in [1.807, 2.05) is 6.20 Å². The molecule has 3 nitrogen and oxygen atoms in total. The minimum atomic E-state index is 0.603. The molecule has 2 rings (SSSR count). The number of hydrogen-bond acceptors (Lipinski definition) is 4. The number of piperazine rings is 1. The van der Waals surface area contributed by atoms with Crippen LogP contribution in [-0.4, -0.2) is 34.4 Å². The van der Waals surface area contributed by atoms with Crippen LogP contribution in [0.15, 0.2) is 12.3 Å². The highest BCUT2D eigenvalue weighted by atomic mass is 32.1. The van der Waals surface area contributed by atoms with Gasteiger partial charge >= 0.3 is 0 Å². The molecule has 1 aromatic rings. The lowest BCUT2D eigenvalue weighted by atomic mass is 10.1. The van der Waals surface area contributed by atoms with Gasteiger partial charge in [-0.05, 0) is 31.4 Å². The van der Waals surface area contributed by atoms with Crippen LogP contribution in [0.5, 0.6) is 0 Å². The van der Waals surface area contributed by atoms with E-state index in [1.54, 1.807) is 11.5 Å². The molecule has 0 spiro atoms. The first kappa shape index (κ1) is 10.1. The van der Waals surface area contributed by atoms with Crippen molar-refractivity contribution in [3.8, 4) is 0 Å². The summed E-state index contributed by atoms with van der Waals surface area (Å²) in [6.07, 6.45) is 1.88. The Labute approximate surface area is 89.3 Å². The van der Waals surface area contributed by atoms with Gasteiger partial charge < -0.3 is 5.32 Å². The lowest BCUT2D eigenvalue weighted by Crippen LogP contribution is -2.53. The third-order valence-corrected chi connectivity index (χ3v) is 3.23. The average molecular weight is 211 g/mol. The highest BCUT2D eigenvalue weighted by Gasteiger charge is 2.20. The van der Waals surface area contributed by atoms with Gasteiger partial charge in [0.05, 0.1) is 0 Å². The molecule has 78 valence electrons. The maximum atomic E-state index is 4.13. The smallest absolute Gasteiger partial charge is 0.0410 e. The van der Waals surface area contributed by atoms with E-state index in [9.17, 15) is 0 Å². The Kier molecular flexibility index (Phi) is 3.15. The SMILES string of the molecule is C[C@@H]1CN(Cc2ccns2)C[C@H](C)N1. The van der Waals surface area contributed by atoms with E-state index >= 15 is 0 Å². The largest absolute Gasteiger partial charge is 0.309 e. The molecule has 2 atom stereocenters. The summed E-state index contributed by atoms with van der Waals surface area (Å²) in [5, 5.41) is 3.53. The molecule has 0 saturated carbocycles. The second-order valence-corrected chi connectivity index (χ2v) is 5.06. The van der Waals surface area contributed by atoms with Crippen LogP contribution in [0.1, 0.15) is 18.7 Å². The predicted octanol–water partition coefficient (Wildman–Crippen LogP) is 1.33. The van der Waals surface area contributed by atoms with Gasteiger partial charge in [-0.25, -0.2) is 4.37 Å². The molecule has 14 heavy (non-hydrogen) atoms. The summed E-state index contributed by atoms with van der Waals surface area (Å²) in [5.74, 6) is 0. The summed E-state index contributed by atoms with van der Waals surface area (Å²) in [4.78, 5) is 3.87. The summed E-state index contributed by atoms with van der Waals surface area (Å²) < 4.78 is 4.13. The number of hydrogen-bond donors (Lipinski definition) is 1. The summed E-state index contributed by atoms with van der Waals surface area (Å²) in [6, 6.07) is 3.32. The summed E-state index contributed by atoms with van der Waals surface area (Å²) in [7, 11) is 0. The first-order valence-corrected chi connectivity index (χ1v) is 5.89. The van der Waals surface area contributed by atoms with Crippen molar-refractivity contribution in [1.82, 2.24) is 14.6 Å². The molecular formula is C10H17N3S. The van der Waals surface area contributed by atoms with Gasteiger partial charge in [0.2, 0.25) is 0 Å².